The SMILES string of the molecule is CC1(CCCCc2ccc(O)cc2CCCCCC2(C(=O)O)CC2)CC1. The lowest BCUT2D eigenvalue weighted by atomic mass is 9.93. The van der Waals surface area contributed by atoms with Crippen molar-refractivity contribution in [1.82, 2.24) is 0 Å². The number of phenolic OH excluding ortho intramolecular Hbond substituents is 1. The van der Waals surface area contributed by atoms with Gasteiger partial charge in [-0.25, -0.2) is 0 Å². The molecule has 2 saturated carbocycles. The number of carboxylic acids is 1. The molecule has 26 heavy (non-hydrogen) atoms. The largest absolute Gasteiger partial charge is 0.508 e. The number of hydrogen-bond donors (Lipinski definition) is 2. The lowest BCUT2D eigenvalue weighted by Gasteiger charge is -2.12. The van der Waals surface area contributed by atoms with E-state index in [1.54, 1.807) is 0 Å². The van der Waals surface area contributed by atoms with Crippen LogP contribution in [0, 0.1) is 10.8 Å². The molecule has 3 heteroatoms. The van der Waals surface area contributed by atoms with Crippen LogP contribution in [-0.4, -0.2) is 16.2 Å². The van der Waals surface area contributed by atoms with E-state index in [2.05, 4.69) is 13.0 Å². The van der Waals surface area contributed by atoms with E-state index in [4.69, 9.17) is 0 Å². The Kier molecular flexibility index (Phi) is 5.94. The fourth-order valence-electron chi connectivity index (χ4n) is 4.10. The molecule has 0 aliphatic heterocycles. The molecule has 3 nitrogen and oxygen atoms in total. The molecule has 0 unspecified atom stereocenters. The Bertz CT molecular complexity index is 626. The Morgan fingerprint density at radius 3 is 2.23 bits per heavy atom. The first-order valence-corrected chi connectivity index (χ1v) is 10.5. The van der Waals surface area contributed by atoms with Crippen molar-refractivity contribution in [3.63, 3.8) is 0 Å². The van der Waals surface area contributed by atoms with E-state index in [9.17, 15) is 15.0 Å². The van der Waals surface area contributed by atoms with Crippen molar-refractivity contribution in [3.8, 4) is 5.75 Å². The lowest BCUT2D eigenvalue weighted by molar-refractivity contribution is -0.143. The summed E-state index contributed by atoms with van der Waals surface area (Å²) in [6.07, 6.45) is 14.5. The third kappa shape index (κ3) is 5.25. The van der Waals surface area contributed by atoms with Crippen molar-refractivity contribution in [1.29, 1.82) is 0 Å². The highest BCUT2D eigenvalue weighted by atomic mass is 16.4. The topological polar surface area (TPSA) is 57.5 Å². The Hall–Kier alpha value is -1.51. The minimum absolute atomic E-state index is 0.358. The van der Waals surface area contributed by atoms with Gasteiger partial charge in [0, 0.05) is 0 Å². The summed E-state index contributed by atoms with van der Waals surface area (Å²) in [6.45, 7) is 2.40. The Morgan fingerprint density at radius 2 is 1.58 bits per heavy atom. The number of rotatable bonds is 12. The second kappa shape index (κ2) is 8.02. The van der Waals surface area contributed by atoms with Crippen LogP contribution >= 0.6 is 0 Å². The Labute approximate surface area is 157 Å². The number of hydrogen-bond acceptors (Lipinski definition) is 2. The highest BCUT2D eigenvalue weighted by Gasteiger charge is 2.49. The van der Waals surface area contributed by atoms with Crippen molar-refractivity contribution >= 4 is 5.97 Å². The highest BCUT2D eigenvalue weighted by Crippen LogP contribution is 2.50. The zero-order valence-electron chi connectivity index (χ0n) is 16.2. The molecule has 2 aliphatic carbocycles. The normalized spacial score (nSPS) is 19.3. The number of aryl methyl sites for hydroxylation is 2. The van der Waals surface area contributed by atoms with E-state index in [0.717, 1.165) is 51.4 Å². The van der Waals surface area contributed by atoms with Gasteiger partial charge in [0.2, 0.25) is 0 Å². The molecule has 0 spiro atoms. The van der Waals surface area contributed by atoms with Crippen molar-refractivity contribution in [2.45, 2.75) is 90.4 Å². The van der Waals surface area contributed by atoms with Crippen LogP contribution in [0.25, 0.3) is 0 Å². The van der Waals surface area contributed by atoms with Gasteiger partial charge in [-0.2, -0.15) is 0 Å². The molecule has 1 aromatic carbocycles. The van der Waals surface area contributed by atoms with Gasteiger partial charge in [0.15, 0.2) is 0 Å². The van der Waals surface area contributed by atoms with Gasteiger partial charge in [0.1, 0.15) is 5.75 Å². The smallest absolute Gasteiger partial charge is 0.309 e. The molecule has 144 valence electrons. The summed E-state index contributed by atoms with van der Waals surface area (Å²) in [6, 6.07) is 5.83. The van der Waals surface area contributed by atoms with Crippen molar-refractivity contribution < 1.29 is 15.0 Å². The summed E-state index contributed by atoms with van der Waals surface area (Å²) in [4.78, 5) is 11.2. The molecular formula is C23H34O3. The number of unbranched alkanes of at least 4 members (excludes halogenated alkanes) is 3. The van der Waals surface area contributed by atoms with E-state index in [0.29, 0.717) is 11.2 Å². The molecule has 0 heterocycles. The van der Waals surface area contributed by atoms with E-state index in [1.165, 1.54) is 43.2 Å². The Morgan fingerprint density at radius 1 is 0.923 bits per heavy atom. The molecule has 2 fully saturated rings. The van der Waals surface area contributed by atoms with Crippen LogP contribution in [0.1, 0.15) is 88.7 Å². The molecule has 3 rings (SSSR count). The van der Waals surface area contributed by atoms with E-state index in [1.807, 2.05) is 12.1 Å². The summed E-state index contributed by atoms with van der Waals surface area (Å²) >= 11 is 0. The van der Waals surface area contributed by atoms with Gasteiger partial charge < -0.3 is 10.2 Å². The van der Waals surface area contributed by atoms with Crippen molar-refractivity contribution in [2.24, 2.45) is 10.8 Å². The molecule has 1 aromatic rings. The number of benzene rings is 1. The number of aliphatic carboxylic acids is 1. The van der Waals surface area contributed by atoms with Gasteiger partial charge in [-0.15, -0.1) is 0 Å². The van der Waals surface area contributed by atoms with Crippen LogP contribution in [-0.2, 0) is 17.6 Å². The van der Waals surface area contributed by atoms with Crippen LogP contribution in [0.3, 0.4) is 0 Å². The number of carboxylic acid groups (broad SMARTS) is 1. The number of carbonyl (C=O) groups is 1. The molecular weight excluding hydrogens is 324 g/mol. The van der Waals surface area contributed by atoms with Crippen LogP contribution in [0.2, 0.25) is 0 Å². The van der Waals surface area contributed by atoms with E-state index in [-0.39, 0.29) is 5.41 Å². The highest BCUT2D eigenvalue weighted by molar-refractivity contribution is 5.77. The first-order chi connectivity index (χ1) is 12.4. The third-order valence-corrected chi connectivity index (χ3v) is 6.68. The molecule has 0 saturated heterocycles. The molecule has 0 bridgehead atoms. The molecule has 2 aliphatic rings. The van der Waals surface area contributed by atoms with Gasteiger partial charge in [0.25, 0.3) is 0 Å². The maximum atomic E-state index is 11.2. The minimum atomic E-state index is -0.604. The average molecular weight is 359 g/mol. The minimum Gasteiger partial charge on any atom is -0.508 e. The third-order valence-electron chi connectivity index (χ3n) is 6.68. The first-order valence-electron chi connectivity index (χ1n) is 10.5. The number of phenols is 1. The molecule has 0 aromatic heterocycles. The van der Waals surface area contributed by atoms with Crippen LogP contribution in [0.5, 0.6) is 5.75 Å². The summed E-state index contributed by atoms with van der Waals surface area (Å²) in [5, 5.41) is 19.1. The summed E-state index contributed by atoms with van der Waals surface area (Å²) < 4.78 is 0. The zero-order chi connectivity index (χ0) is 18.6. The predicted octanol–water partition coefficient (Wildman–Crippen LogP) is 5.87. The molecule has 2 N–H and O–H groups in total. The second-order valence-electron chi connectivity index (χ2n) is 9.12. The van der Waals surface area contributed by atoms with Gasteiger partial charge in [-0.05, 0) is 92.9 Å². The maximum absolute atomic E-state index is 11.2. The average Bonchev–Trinajstić information content (AvgIpc) is 3.51. The van der Waals surface area contributed by atoms with Crippen LogP contribution in [0.4, 0.5) is 0 Å². The van der Waals surface area contributed by atoms with Gasteiger partial charge in [-0.3, -0.25) is 4.79 Å². The number of aromatic hydroxyl groups is 1. The summed E-state index contributed by atoms with van der Waals surface area (Å²) in [5.74, 6) is -0.245. The van der Waals surface area contributed by atoms with E-state index >= 15 is 0 Å². The molecule has 0 atom stereocenters. The fourth-order valence-corrected chi connectivity index (χ4v) is 4.10. The van der Waals surface area contributed by atoms with Crippen LogP contribution < -0.4 is 0 Å². The quantitative estimate of drug-likeness (QED) is 0.459. The zero-order valence-corrected chi connectivity index (χ0v) is 16.2. The van der Waals surface area contributed by atoms with Gasteiger partial charge in [0.05, 0.1) is 5.41 Å². The van der Waals surface area contributed by atoms with Gasteiger partial charge in [-0.1, -0.05) is 32.3 Å². The standard InChI is InChI=1S/C23H34O3/c1-22(13-14-22)11-6-4-7-18-9-10-20(24)17-19(18)8-3-2-5-12-23(15-16-23)21(25)26/h9-10,17,24H,2-8,11-16H2,1H3,(H,25,26). The second-order valence-corrected chi connectivity index (χ2v) is 9.12. The molecule has 0 amide bonds. The Balaban J connectivity index is 1.39. The van der Waals surface area contributed by atoms with Crippen LogP contribution in [0.15, 0.2) is 18.2 Å². The van der Waals surface area contributed by atoms with Crippen molar-refractivity contribution in [3.05, 3.63) is 29.3 Å². The monoisotopic (exact) mass is 358 g/mol. The van der Waals surface area contributed by atoms with Gasteiger partial charge >= 0.3 is 5.97 Å². The summed E-state index contributed by atoms with van der Waals surface area (Å²) in [7, 11) is 0. The van der Waals surface area contributed by atoms with Crippen molar-refractivity contribution in [2.75, 3.05) is 0 Å². The maximum Gasteiger partial charge on any atom is 0.309 e. The van der Waals surface area contributed by atoms with E-state index < -0.39 is 5.97 Å². The lowest BCUT2D eigenvalue weighted by Crippen LogP contribution is -2.14. The summed E-state index contributed by atoms with van der Waals surface area (Å²) in [5.41, 5.74) is 2.93. The fraction of sp³-hybridized carbons (Fsp3) is 0.696. The first kappa shape index (κ1) is 19.3. The predicted molar refractivity (Wildman–Crippen MR) is 104 cm³/mol. The molecule has 0 radical (unpaired) electrons.